The summed E-state index contributed by atoms with van der Waals surface area (Å²) in [6, 6.07) is 28.5. The number of rotatable bonds is 14. The molecule has 4 rings (SSSR count). The average molecular weight is 667 g/mol. The Bertz CT molecular complexity index is 1690. The molecular formula is C35H37Cl2N3O4S. The number of carbonyl (C=O) groups is 2. The monoisotopic (exact) mass is 665 g/mol. The number of nitrogens with zero attached hydrogens (tertiary/aromatic N) is 2. The summed E-state index contributed by atoms with van der Waals surface area (Å²) >= 11 is 12.8. The van der Waals surface area contributed by atoms with Gasteiger partial charge in [-0.05, 0) is 54.8 Å². The molecule has 1 atom stereocenters. The van der Waals surface area contributed by atoms with Crippen LogP contribution < -0.4 is 9.62 Å². The summed E-state index contributed by atoms with van der Waals surface area (Å²) in [5.41, 5.74) is 2.77. The predicted octanol–water partition coefficient (Wildman–Crippen LogP) is 7.05. The first-order valence-electron chi connectivity index (χ1n) is 14.8. The first kappa shape index (κ1) is 34.0. The van der Waals surface area contributed by atoms with Crippen LogP contribution in [0.1, 0.15) is 36.5 Å². The number of hydrogen-bond acceptors (Lipinski definition) is 4. The van der Waals surface area contributed by atoms with Crippen molar-refractivity contribution in [1.29, 1.82) is 0 Å². The lowest BCUT2D eigenvalue weighted by atomic mass is 10.0. The highest BCUT2D eigenvalue weighted by Gasteiger charge is 2.35. The van der Waals surface area contributed by atoms with Crippen LogP contribution in [0.3, 0.4) is 0 Å². The molecule has 0 aromatic heterocycles. The highest BCUT2D eigenvalue weighted by molar-refractivity contribution is 7.92. The van der Waals surface area contributed by atoms with Crippen LogP contribution in [0.15, 0.2) is 108 Å². The Morgan fingerprint density at radius 3 is 2.13 bits per heavy atom. The number of unbranched alkanes of at least 4 members (excludes halogenated alkanes) is 1. The van der Waals surface area contributed by atoms with E-state index in [1.165, 1.54) is 29.2 Å². The Balaban J connectivity index is 1.81. The highest BCUT2D eigenvalue weighted by Crippen LogP contribution is 2.33. The van der Waals surface area contributed by atoms with Gasteiger partial charge >= 0.3 is 0 Å². The van der Waals surface area contributed by atoms with E-state index in [1.54, 1.807) is 24.3 Å². The number of anilines is 1. The number of benzene rings is 4. The summed E-state index contributed by atoms with van der Waals surface area (Å²) in [6.07, 6.45) is 1.91. The molecule has 0 saturated carbocycles. The number of sulfonamides is 1. The Hall–Kier alpha value is -3.85. The minimum atomic E-state index is -4.28. The van der Waals surface area contributed by atoms with Crippen molar-refractivity contribution >= 4 is 50.7 Å². The first-order valence-corrected chi connectivity index (χ1v) is 17.0. The topological polar surface area (TPSA) is 86.8 Å². The van der Waals surface area contributed by atoms with Gasteiger partial charge in [-0.1, -0.05) is 115 Å². The minimum absolute atomic E-state index is 0.0166. The number of carbonyl (C=O) groups excluding carboxylic acids is 2. The lowest BCUT2D eigenvalue weighted by Gasteiger charge is -2.34. The number of aryl methyl sites for hydroxylation is 1. The first-order chi connectivity index (χ1) is 21.6. The van der Waals surface area contributed by atoms with Crippen molar-refractivity contribution in [1.82, 2.24) is 10.2 Å². The summed E-state index contributed by atoms with van der Waals surface area (Å²) in [5, 5.41) is 3.35. The zero-order valence-corrected chi connectivity index (χ0v) is 27.7. The molecule has 45 heavy (non-hydrogen) atoms. The lowest BCUT2D eigenvalue weighted by Crippen LogP contribution is -2.53. The van der Waals surface area contributed by atoms with Gasteiger partial charge in [-0.15, -0.1) is 0 Å². The fourth-order valence-electron chi connectivity index (χ4n) is 4.86. The van der Waals surface area contributed by atoms with Crippen LogP contribution >= 0.6 is 23.2 Å². The van der Waals surface area contributed by atoms with Gasteiger partial charge in [0.2, 0.25) is 11.8 Å². The largest absolute Gasteiger partial charge is 0.354 e. The highest BCUT2D eigenvalue weighted by atomic mass is 35.5. The van der Waals surface area contributed by atoms with Gasteiger partial charge in [-0.2, -0.15) is 0 Å². The van der Waals surface area contributed by atoms with Crippen molar-refractivity contribution in [2.24, 2.45) is 0 Å². The van der Waals surface area contributed by atoms with Gasteiger partial charge in [-0.3, -0.25) is 13.9 Å². The Morgan fingerprint density at radius 1 is 0.844 bits per heavy atom. The van der Waals surface area contributed by atoms with Crippen LogP contribution in [-0.2, 0) is 32.6 Å². The molecule has 7 nitrogen and oxygen atoms in total. The van der Waals surface area contributed by atoms with Crippen LogP contribution in [0.25, 0.3) is 0 Å². The second-order valence-electron chi connectivity index (χ2n) is 10.8. The third kappa shape index (κ3) is 9.10. The van der Waals surface area contributed by atoms with Crippen LogP contribution in [0, 0.1) is 6.92 Å². The third-order valence-electron chi connectivity index (χ3n) is 7.36. The summed E-state index contributed by atoms with van der Waals surface area (Å²) in [5.74, 6) is -0.885. The molecule has 0 radical (unpaired) electrons. The fraction of sp³-hybridized carbons (Fsp3) is 0.257. The van der Waals surface area contributed by atoms with E-state index in [1.807, 2.05) is 68.4 Å². The standard InChI is InChI=1S/C35H37Cl2N3O4S/c1-3-4-21-38-35(42)33(22-27-11-7-5-8-12-27)39(24-28-17-15-26(2)16-18-28)34(41)25-40(32-23-29(36)19-20-31(32)37)45(43,44)30-13-9-6-10-14-30/h5-20,23,33H,3-4,21-22,24-25H2,1-2H3,(H,38,42). The zero-order valence-electron chi connectivity index (χ0n) is 25.3. The van der Waals surface area contributed by atoms with E-state index in [0.717, 1.165) is 33.8 Å². The normalized spacial score (nSPS) is 11.9. The Kier molecular flexibility index (Phi) is 12.0. The zero-order chi connectivity index (χ0) is 32.4. The maximum absolute atomic E-state index is 14.5. The number of nitrogens with one attached hydrogen (secondary N) is 1. The van der Waals surface area contributed by atoms with E-state index >= 15 is 0 Å². The van der Waals surface area contributed by atoms with Gasteiger partial charge in [0.15, 0.2) is 0 Å². The maximum Gasteiger partial charge on any atom is 0.264 e. The molecular weight excluding hydrogens is 629 g/mol. The van der Waals surface area contributed by atoms with Gasteiger partial charge in [0.05, 0.1) is 15.6 Å². The van der Waals surface area contributed by atoms with E-state index < -0.39 is 28.5 Å². The number of halogens is 2. The van der Waals surface area contributed by atoms with Crippen LogP contribution in [0.2, 0.25) is 10.0 Å². The fourth-order valence-corrected chi connectivity index (χ4v) is 6.74. The van der Waals surface area contributed by atoms with Gasteiger partial charge < -0.3 is 10.2 Å². The molecule has 236 valence electrons. The van der Waals surface area contributed by atoms with Gasteiger partial charge in [0, 0.05) is 24.5 Å². The van der Waals surface area contributed by atoms with Crippen molar-refractivity contribution < 1.29 is 18.0 Å². The summed E-state index contributed by atoms with van der Waals surface area (Å²) < 4.78 is 29.2. The molecule has 0 aliphatic heterocycles. The van der Waals surface area contributed by atoms with Gasteiger partial charge in [0.25, 0.3) is 10.0 Å². The SMILES string of the molecule is CCCCNC(=O)C(Cc1ccccc1)N(Cc1ccc(C)cc1)C(=O)CN(c1cc(Cl)ccc1Cl)S(=O)(=O)c1ccccc1. The van der Waals surface area contributed by atoms with E-state index in [-0.39, 0.29) is 39.5 Å². The molecule has 4 aromatic rings. The van der Waals surface area contributed by atoms with Crippen LogP contribution in [0.5, 0.6) is 0 Å². The van der Waals surface area contributed by atoms with Crippen LogP contribution in [0.4, 0.5) is 5.69 Å². The molecule has 4 aromatic carbocycles. The number of amides is 2. The third-order valence-corrected chi connectivity index (χ3v) is 9.69. The lowest BCUT2D eigenvalue weighted by molar-refractivity contribution is -0.140. The number of hydrogen-bond donors (Lipinski definition) is 1. The van der Waals surface area contributed by atoms with E-state index in [0.29, 0.717) is 6.54 Å². The maximum atomic E-state index is 14.5. The Labute approximate surface area is 275 Å². The van der Waals surface area contributed by atoms with Crippen molar-refractivity contribution in [3.05, 3.63) is 130 Å². The van der Waals surface area contributed by atoms with Gasteiger partial charge in [0.1, 0.15) is 12.6 Å². The second-order valence-corrected chi connectivity index (χ2v) is 13.5. The smallest absolute Gasteiger partial charge is 0.264 e. The molecule has 2 amide bonds. The molecule has 0 aliphatic carbocycles. The van der Waals surface area contributed by atoms with Crippen molar-refractivity contribution in [2.45, 2.75) is 50.6 Å². The minimum Gasteiger partial charge on any atom is -0.354 e. The van der Waals surface area contributed by atoms with Crippen molar-refractivity contribution in [3.8, 4) is 0 Å². The molecule has 0 saturated heterocycles. The summed E-state index contributed by atoms with van der Waals surface area (Å²) in [7, 11) is -4.28. The molecule has 0 heterocycles. The average Bonchev–Trinajstić information content (AvgIpc) is 3.04. The molecule has 0 fully saturated rings. The summed E-state index contributed by atoms with van der Waals surface area (Å²) in [4.78, 5) is 29.8. The quantitative estimate of drug-likeness (QED) is 0.146. The molecule has 0 aliphatic rings. The van der Waals surface area contributed by atoms with E-state index in [9.17, 15) is 18.0 Å². The molecule has 1 unspecified atom stereocenters. The van der Waals surface area contributed by atoms with E-state index in [4.69, 9.17) is 23.2 Å². The van der Waals surface area contributed by atoms with E-state index in [2.05, 4.69) is 5.32 Å². The molecule has 0 spiro atoms. The van der Waals surface area contributed by atoms with Crippen LogP contribution in [-0.4, -0.2) is 44.3 Å². The Morgan fingerprint density at radius 2 is 1.49 bits per heavy atom. The second kappa shape index (κ2) is 15.9. The van der Waals surface area contributed by atoms with Crippen molar-refractivity contribution in [3.63, 3.8) is 0 Å². The molecule has 1 N–H and O–H groups in total. The summed E-state index contributed by atoms with van der Waals surface area (Å²) in [6.45, 7) is 3.92. The van der Waals surface area contributed by atoms with Gasteiger partial charge in [-0.25, -0.2) is 8.42 Å². The predicted molar refractivity (Wildman–Crippen MR) is 181 cm³/mol. The molecule has 10 heteroatoms. The van der Waals surface area contributed by atoms with Crippen molar-refractivity contribution in [2.75, 3.05) is 17.4 Å². The molecule has 0 bridgehead atoms.